The van der Waals surface area contributed by atoms with Crippen LogP contribution in [-0.4, -0.2) is 64.3 Å². The maximum absolute atomic E-state index is 13.1. The van der Waals surface area contributed by atoms with Crippen LogP contribution in [0.3, 0.4) is 0 Å². The first-order valence-electron chi connectivity index (χ1n) is 9.17. The summed E-state index contributed by atoms with van der Waals surface area (Å²) in [5, 5.41) is 6.75. The van der Waals surface area contributed by atoms with E-state index in [9.17, 15) is 13.2 Å². The molecule has 1 fully saturated rings. The van der Waals surface area contributed by atoms with Crippen LogP contribution < -0.4 is 5.32 Å². The predicted octanol–water partition coefficient (Wildman–Crippen LogP) is 2.94. The number of likely N-dealkylation sites (tertiary alicyclic amines) is 1. The lowest BCUT2D eigenvalue weighted by Crippen LogP contribution is -2.43. The summed E-state index contributed by atoms with van der Waals surface area (Å²) in [7, 11) is 1.49. The molecule has 1 saturated heterocycles. The number of aromatic nitrogens is 2. The third-order valence-electron chi connectivity index (χ3n) is 4.70. The second-order valence-corrected chi connectivity index (χ2v) is 6.45. The molecule has 1 aromatic heterocycles. The van der Waals surface area contributed by atoms with E-state index in [0.29, 0.717) is 18.5 Å². The third-order valence-corrected chi connectivity index (χ3v) is 4.70. The zero-order valence-corrected chi connectivity index (χ0v) is 18.7. The van der Waals surface area contributed by atoms with Crippen molar-refractivity contribution in [2.24, 2.45) is 12.0 Å². The van der Waals surface area contributed by atoms with Crippen LogP contribution in [0.2, 0.25) is 0 Å². The molecule has 0 aromatic carbocycles. The highest BCUT2D eigenvalue weighted by molar-refractivity contribution is 14.0. The predicted molar refractivity (Wildman–Crippen MR) is 111 cm³/mol. The quantitative estimate of drug-likeness (QED) is 0.370. The molecule has 2 heterocycles. The summed E-state index contributed by atoms with van der Waals surface area (Å²) in [6.07, 6.45) is -2.04. The summed E-state index contributed by atoms with van der Waals surface area (Å²) in [6, 6.07) is 0.456. The van der Waals surface area contributed by atoms with Gasteiger partial charge in [-0.15, -0.1) is 24.0 Å². The first-order chi connectivity index (χ1) is 12.3. The topological polar surface area (TPSA) is 48.7 Å². The number of alkyl halides is 3. The minimum atomic E-state index is -4.47. The largest absolute Gasteiger partial charge is 0.435 e. The first kappa shape index (κ1) is 24.0. The van der Waals surface area contributed by atoms with Gasteiger partial charge in [0.1, 0.15) is 0 Å². The van der Waals surface area contributed by atoms with E-state index in [1.54, 1.807) is 0 Å². The summed E-state index contributed by atoms with van der Waals surface area (Å²) in [5.41, 5.74) is -0.767. The average molecular weight is 502 g/mol. The van der Waals surface area contributed by atoms with Gasteiger partial charge < -0.3 is 10.2 Å². The Labute approximate surface area is 176 Å². The van der Waals surface area contributed by atoms with Crippen LogP contribution in [0.1, 0.15) is 38.4 Å². The highest BCUT2D eigenvalue weighted by Crippen LogP contribution is 2.30. The van der Waals surface area contributed by atoms with Crippen molar-refractivity contribution in [3.8, 4) is 0 Å². The summed E-state index contributed by atoms with van der Waals surface area (Å²) in [6.45, 7) is 10.6. The molecule has 1 atom stereocenters. The zero-order valence-electron chi connectivity index (χ0n) is 16.4. The Kier molecular flexibility index (Phi) is 9.32. The molecule has 10 heteroatoms. The molecule has 0 amide bonds. The van der Waals surface area contributed by atoms with Gasteiger partial charge in [0.05, 0.1) is 6.54 Å². The molecule has 0 aliphatic carbocycles. The zero-order chi connectivity index (χ0) is 19.3. The van der Waals surface area contributed by atoms with Crippen LogP contribution in [0, 0.1) is 0 Å². The van der Waals surface area contributed by atoms with E-state index < -0.39 is 11.9 Å². The first-order valence-corrected chi connectivity index (χ1v) is 9.17. The van der Waals surface area contributed by atoms with E-state index in [0.717, 1.165) is 32.6 Å². The summed E-state index contributed by atoms with van der Waals surface area (Å²) < 4.78 is 40.5. The molecule has 2 rings (SSSR count). The summed E-state index contributed by atoms with van der Waals surface area (Å²) in [4.78, 5) is 9.00. The fourth-order valence-corrected chi connectivity index (χ4v) is 3.45. The van der Waals surface area contributed by atoms with Gasteiger partial charge in [-0.1, -0.05) is 13.8 Å². The molecule has 1 aliphatic rings. The minimum absolute atomic E-state index is 0. The van der Waals surface area contributed by atoms with Crippen molar-refractivity contribution < 1.29 is 13.2 Å². The van der Waals surface area contributed by atoms with Gasteiger partial charge in [0.15, 0.2) is 11.7 Å². The van der Waals surface area contributed by atoms with Crippen molar-refractivity contribution in [3.63, 3.8) is 0 Å². The number of aryl methyl sites for hydroxylation is 1. The molecule has 6 nitrogen and oxygen atoms in total. The molecule has 0 saturated carbocycles. The van der Waals surface area contributed by atoms with Gasteiger partial charge in [-0.25, -0.2) is 4.99 Å². The summed E-state index contributed by atoms with van der Waals surface area (Å²) in [5.74, 6) is 0.666. The number of guanidine groups is 1. The van der Waals surface area contributed by atoms with Gasteiger partial charge in [-0.05, 0) is 26.4 Å². The van der Waals surface area contributed by atoms with Gasteiger partial charge in [0.2, 0.25) is 0 Å². The standard InChI is InChI=1S/C17H29F3N6.HI/c1-5-21-16(26-9-8-14(12-26)25(6-2)7-3)22-10-13-11-24(4)23-15(13)17(18,19)20;/h11,14H,5-10,12H2,1-4H3,(H,21,22);1H. The van der Waals surface area contributed by atoms with Crippen molar-refractivity contribution in [1.29, 1.82) is 0 Å². The SMILES string of the molecule is CCNC(=NCc1cn(C)nc1C(F)(F)F)N1CCC(N(CC)CC)C1.I. The Bertz CT molecular complexity index is 612. The smallest absolute Gasteiger partial charge is 0.357 e. The van der Waals surface area contributed by atoms with Crippen molar-refractivity contribution in [1.82, 2.24) is 24.9 Å². The van der Waals surface area contributed by atoms with Gasteiger partial charge in [0.25, 0.3) is 0 Å². The highest BCUT2D eigenvalue weighted by Gasteiger charge is 2.37. The van der Waals surface area contributed by atoms with E-state index in [4.69, 9.17) is 0 Å². The Morgan fingerprint density at radius 1 is 1.33 bits per heavy atom. The maximum Gasteiger partial charge on any atom is 0.435 e. The molecule has 1 unspecified atom stereocenters. The van der Waals surface area contributed by atoms with Gasteiger partial charge in [-0.3, -0.25) is 9.58 Å². The van der Waals surface area contributed by atoms with E-state index in [-0.39, 0.29) is 36.1 Å². The highest BCUT2D eigenvalue weighted by atomic mass is 127. The second-order valence-electron chi connectivity index (χ2n) is 6.45. The van der Waals surface area contributed by atoms with Crippen molar-refractivity contribution >= 4 is 29.9 Å². The fraction of sp³-hybridized carbons (Fsp3) is 0.765. The number of aliphatic imine (C=N–C) groups is 1. The maximum atomic E-state index is 13.1. The average Bonchev–Trinajstić information content (AvgIpc) is 3.19. The number of hydrogen-bond donors (Lipinski definition) is 1. The van der Waals surface area contributed by atoms with E-state index in [2.05, 4.69) is 39.1 Å². The normalized spacial score (nSPS) is 18.1. The van der Waals surface area contributed by atoms with E-state index in [1.807, 2.05) is 6.92 Å². The Morgan fingerprint density at radius 3 is 2.56 bits per heavy atom. The second kappa shape index (κ2) is 10.5. The van der Waals surface area contributed by atoms with Gasteiger partial charge >= 0.3 is 6.18 Å². The lowest BCUT2D eigenvalue weighted by molar-refractivity contribution is -0.142. The Balaban J connectivity index is 0.00000364. The van der Waals surface area contributed by atoms with Crippen LogP contribution in [0.25, 0.3) is 0 Å². The molecular formula is C17H30F3IN6. The van der Waals surface area contributed by atoms with Crippen LogP contribution >= 0.6 is 24.0 Å². The van der Waals surface area contributed by atoms with E-state index >= 15 is 0 Å². The van der Waals surface area contributed by atoms with Crippen molar-refractivity contribution in [3.05, 3.63) is 17.5 Å². The Hall–Kier alpha value is -1.04. The van der Waals surface area contributed by atoms with Crippen LogP contribution in [0.15, 0.2) is 11.2 Å². The number of hydrogen-bond acceptors (Lipinski definition) is 3. The van der Waals surface area contributed by atoms with Gasteiger partial charge in [-0.2, -0.15) is 18.3 Å². The van der Waals surface area contributed by atoms with Crippen LogP contribution in [0.5, 0.6) is 0 Å². The fourth-order valence-electron chi connectivity index (χ4n) is 3.45. The molecule has 156 valence electrons. The molecule has 1 N–H and O–H groups in total. The number of nitrogens with one attached hydrogen (secondary N) is 1. The molecule has 27 heavy (non-hydrogen) atoms. The summed E-state index contributed by atoms with van der Waals surface area (Å²) >= 11 is 0. The Morgan fingerprint density at radius 2 is 2.00 bits per heavy atom. The molecule has 1 aliphatic heterocycles. The molecule has 0 spiro atoms. The lowest BCUT2D eigenvalue weighted by atomic mass is 10.2. The van der Waals surface area contributed by atoms with Gasteiger partial charge in [0, 0.05) is 44.5 Å². The minimum Gasteiger partial charge on any atom is -0.357 e. The molecule has 0 radical (unpaired) electrons. The third kappa shape index (κ3) is 6.23. The van der Waals surface area contributed by atoms with E-state index in [1.165, 1.54) is 17.9 Å². The number of rotatable bonds is 6. The molecule has 1 aromatic rings. The molecule has 0 bridgehead atoms. The number of nitrogens with zero attached hydrogens (tertiary/aromatic N) is 5. The lowest BCUT2D eigenvalue weighted by Gasteiger charge is -2.27. The van der Waals surface area contributed by atoms with Crippen molar-refractivity contribution in [2.75, 3.05) is 32.7 Å². The number of likely N-dealkylation sites (N-methyl/N-ethyl adjacent to an activating group) is 1. The molecular weight excluding hydrogens is 472 g/mol. The van der Waals surface area contributed by atoms with Crippen LogP contribution in [0.4, 0.5) is 13.2 Å². The van der Waals surface area contributed by atoms with Crippen molar-refractivity contribution in [2.45, 2.75) is 46.0 Å². The monoisotopic (exact) mass is 502 g/mol. The number of halogens is 4. The van der Waals surface area contributed by atoms with Crippen LogP contribution in [-0.2, 0) is 19.8 Å².